The SMILES string of the molecule is Cn1cc(CCC(=O)NCC2(C(=O)O)CC2)c2ccccc21. The van der Waals surface area contributed by atoms with Gasteiger partial charge in [-0.15, -0.1) is 0 Å². The summed E-state index contributed by atoms with van der Waals surface area (Å²) in [6, 6.07) is 8.12. The molecule has 0 radical (unpaired) electrons. The molecule has 1 aromatic heterocycles. The van der Waals surface area contributed by atoms with Gasteiger partial charge < -0.3 is 15.0 Å². The quantitative estimate of drug-likeness (QED) is 0.858. The molecule has 1 heterocycles. The second-order valence-corrected chi connectivity index (χ2v) is 6.14. The van der Waals surface area contributed by atoms with Crippen LogP contribution in [0.15, 0.2) is 30.5 Å². The topological polar surface area (TPSA) is 71.3 Å². The Kier molecular flexibility index (Phi) is 3.64. The van der Waals surface area contributed by atoms with Crippen molar-refractivity contribution in [2.24, 2.45) is 12.5 Å². The number of carboxylic acid groups (broad SMARTS) is 1. The number of carboxylic acids is 1. The highest BCUT2D eigenvalue weighted by Gasteiger charge is 2.50. The Labute approximate surface area is 128 Å². The third-order valence-corrected chi connectivity index (χ3v) is 4.53. The molecule has 0 unspecified atom stereocenters. The van der Waals surface area contributed by atoms with Crippen molar-refractivity contribution in [3.8, 4) is 0 Å². The first kappa shape index (κ1) is 14.6. The monoisotopic (exact) mass is 300 g/mol. The lowest BCUT2D eigenvalue weighted by atomic mass is 10.1. The fourth-order valence-corrected chi connectivity index (χ4v) is 2.85. The number of hydrogen-bond acceptors (Lipinski definition) is 2. The molecule has 2 N–H and O–H groups in total. The Morgan fingerprint density at radius 1 is 1.32 bits per heavy atom. The highest BCUT2D eigenvalue weighted by molar-refractivity contribution is 5.85. The van der Waals surface area contributed by atoms with Gasteiger partial charge in [0.05, 0.1) is 5.41 Å². The lowest BCUT2D eigenvalue weighted by Crippen LogP contribution is -2.34. The predicted molar refractivity (Wildman–Crippen MR) is 83.6 cm³/mol. The van der Waals surface area contributed by atoms with Crippen molar-refractivity contribution in [3.63, 3.8) is 0 Å². The van der Waals surface area contributed by atoms with Gasteiger partial charge in [0, 0.05) is 37.1 Å². The third-order valence-electron chi connectivity index (χ3n) is 4.53. The van der Waals surface area contributed by atoms with Gasteiger partial charge in [-0.2, -0.15) is 0 Å². The average molecular weight is 300 g/mol. The van der Waals surface area contributed by atoms with Crippen molar-refractivity contribution >= 4 is 22.8 Å². The van der Waals surface area contributed by atoms with E-state index >= 15 is 0 Å². The summed E-state index contributed by atoms with van der Waals surface area (Å²) in [5.41, 5.74) is 1.60. The first-order valence-electron chi connectivity index (χ1n) is 7.55. The molecule has 3 rings (SSSR count). The molecule has 0 saturated heterocycles. The maximum Gasteiger partial charge on any atom is 0.311 e. The van der Waals surface area contributed by atoms with Gasteiger partial charge in [0.2, 0.25) is 5.91 Å². The smallest absolute Gasteiger partial charge is 0.311 e. The van der Waals surface area contributed by atoms with Gasteiger partial charge in [-0.3, -0.25) is 9.59 Å². The molecule has 2 aromatic rings. The van der Waals surface area contributed by atoms with E-state index in [9.17, 15) is 9.59 Å². The van der Waals surface area contributed by atoms with E-state index in [1.807, 2.05) is 19.2 Å². The predicted octanol–water partition coefficient (Wildman–Crippen LogP) is 2.09. The van der Waals surface area contributed by atoms with Crippen LogP contribution in [0.2, 0.25) is 0 Å². The zero-order valence-electron chi connectivity index (χ0n) is 12.6. The van der Waals surface area contributed by atoms with Crippen molar-refractivity contribution in [2.75, 3.05) is 6.54 Å². The van der Waals surface area contributed by atoms with E-state index in [0.717, 1.165) is 11.1 Å². The normalized spacial score (nSPS) is 15.7. The van der Waals surface area contributed by atoms with E-state index in [0.29, 0.717) is 25.7 Å². The number of nitrogens with one attached hydrogen (secondary N) is 1. The van der Waals surface area contributed by atoms with E-state index in [1.54, 1.807) is 0 Å². The summed E-state index contributed by atoms with van der Waals surface area (Å²) in [4.78, 5) is 23.0. The highest BCUT2D eigenvalue weighted by Crippen LogP contribution is 2.45. The standard InChI is InChI=1S/C17H20N2O3/c1-19-10-12(13-4-2-3-5-14(13)19)6-7-15(20)18-11-17(8-9-17)16(21)22/h2-5,10H,6-9,11H2,1H3,(H,18,20)(H,21,22). The molecule has 1 saturated carbocycles. The molecule has 1 aliphatic rings. The number of hydrogen-bond donors (Lipinski definition) is 2. The Balaban J connectivity index is 1.58. The minimum Gasteiger partial charge on any atom is -0.481 e. The number of aromatic nitrogens is 1. The van der Waals surface area contributed by atoms with Gasteiger partial charge in [0.15, 0.2) is 0 Å². The van der Waals surface area contributed by atoms with Crippen LogP contribution in [0.3, 0.4) is 0 Å². The van der Waals surface area contributed by atoms with Crippen molar-refractivity contribution in [3.05, 3.63) is 36.0 Å². The van der Waals surface area contributed by atoms with Gasteiger partial charge >= 0.3 is 5.97 Å². The van der Waals surface area contributed by atoms with Crippen LogP contribution in [0.25, 0.3) is 10.9 Å². The number of rotatable bonds is 6. The molecule has 0 spiro atoms. The number of nitrogens with zero attached hydrogens (tertiary/aromatic N) is 1. The van der Waals surface area contributed by atoms with Crippen LogP contribution in [0.4, 0.5) is 0 Å². The molecule has 1 fully saturated rings. The zero-order chi connectivity index (χ0) is 15.7. The molecular weight excluding hydrogens is 280 g/mol. The molecule has 5 heteroatoms. The van der Waals surface area contributed by atoms with Gasteiger partial charge in [-0.05, 0) is 30.9 Å². The van der Waals surface area contributed by atoms with E-state index in [2.05, 4.69) is 28.2 Å². The van der Waals surface area contributed by atoms with Crippen LogP contribution in [-0.4, -0.2) is 28.1 Å². The van der Waals surface area contributed by atoms with E-state index < -0.39 is 11.4 Å². The Morgan fingerprint density at radius 3 is 2.73 bits per heavy atom. The maximum absolute atomic E-state index is 11.9. The number of benzene rings is 1. The first-order chi connectivity index (χ1) is 10.5. The van der Waals surface area contributed by atoms with Crippen LogP contribution in [0.5, 0.6) is 0 Å². The van der Waals surface area contributed by atoms with E-state index in [4.69, 9.17) is 5.11 Å². The van der Waals surface area contributed by atoms with Gasteiger partial charge in [-0.25, -0.2) is 0 Å². The Morgan fingerprint density at radius 2 is 2.05 bits per heavy atom. The minimum atomic E-state index is -0.804. The van der Waals surface area contributed by atoms with Gasteiger partial charge in [-0.1, -0.05) is 18.2 Å². The van der Waals surface area contributed by atoms with Crippen LogP contribution < -0.4 is 5.32 Å². The summed E-state index contributed by atoms with van der Waals surface area (Å²) in [5.74, 6) is -0.887. The molecule has 1 amide bonds. The summed E-state index contributed by atoms with van der Waals surface area (Å²) >= 11 is 0. The third kappa shape index (κ3) is 2.71. The largest absolute Gasteiger partial charge is 0.481 e. The van der Waals surface area contributed by atoms with E-state index in [-0.39, 0.29) is 12.5 Å². The summed E-state index contributed by atoms with van der Waals surface area (Å²) < 4.78 is 2.06. The molecule has 0 atom stereocenters. The minimum absolute atomic E-state index is 0.0829. The van der Waals surface area contributed by atoms with Crippen LogP contribution in [-0.2, 0) is 23.1 Å². The lowest BCUT2D eigenvalue weighted by molar-refractivity contribution is -0.143. The number of carbonyl (C=O) groups excluding carboxylic acids is 1. The fraction of sp³-hybridized carbons (Fsp3) is 0.412. The van der Waals surface area contributed by atoms with E-state index in [1.165, 1.54) is 5.39 Å². The molecule has 0 aliphatic heterocycles. The van der Waals surface area contributed by atoms with Crippen LogP contribution in [0, 0.1) is 5.41 Å². The second kappa shape index (κ2) is 5.48. The number of amides is 1. The molecule has 1 aliphatic carbocycles. The molecule has 116 valence electrons. The summed E-state index contributed by atoms with van der Waals surface area (Å²) in [6.45, 7) is 0.247. The number of para-hydroxylation sites is 1. The summed E-state index contributed by atoms with van der Waals surface area (Å²) in [5, 5.41) is 13.0. The average Bonchev–Trinajstić information content (AvgIpc) is 3.24. The van der Waals surface area contributed by atoms with Crippen LogP contribution in [0.1, 0.15) is 24.8 Å². The Bertz CT molecular complexity index is 729. The molecule has 22 heavy (non-hydrogen) atoms. The number of aliphatic carboxylic acids is 1. The number of fused-ring (bicyclic) bond motifs is 1. The zero-order valence-corrected chi connectivity index (χ0v) is 12.6. The lowest BCUT2D eigenvalue weighted by Gasteiger charge is -2.10. The molecule has 1 aromatic carbocycles. The number of aryl methyl sites for hydroxylation is 2. The van der Waals surface area contributed by atoms with Crippen LogP contribution >= 0.6 is 0 Å². The molecule has 0 bridgehead atoms. The highest BCUT2D eigenvalue weighted by atomic mass is 16.4. The van der Waals surface area contributed by atoms with Gasteiger partial charge in [0.25, 0.3) is 0 Å². The van der Waals surface area contributed by atoms with Gasteiger partial charge in [0.1, 0.15) is 0 Å². The first-order valence-corrected chi connectivity index (χ1v) is 7.55. The van der Waals surface area contributed by atoms with Crippen molar-refractivity contribution in [1.29, 1.82) is 0 Å². The summed E-state index contributed by atoms with van der Waals surface area (Å²) in [6.07, 6.45) is 4.41. The molecule has 5 nitrogen and oxygen atoms in total. The van der Waals surface area contributed by atoms with Crippen molar-refractivity contribution in [2.45, 2.75) is 25.7 Å². The number of carbonyl (C=O) groups is 2. The van der Waals surface area contributed by atoms with Crippen molar-refractivity contribution < 1.29 is 14.7 Å². The maximum atomic E-state index is 11.9. The van der Waals surface area contributed by atoms with Crippen molar-refractivity contribution in [1.82, 2.24) is 9.88 Å². The fourth-order valence-electron chi connectivity index (χ4n) is 2.85. The summed E-state index contributed by atoms with van der Waals surface area (Å²) in [7, 11) is 2.00. The second-order valence-electron chi connectivity index (χ2n) is 6.14. The Hall–Kier alpha value is -2.30. The molecular formula is C17H20N2O3.